The number of rotatable bonds is 7. The molecule has 4 rings (SSSR count). The van der Waals surface area contributed by atoms with Crippen molar-refractivity contribution in [3.63, 3.8) is 0 Å². The number of ether oxygens (including phenoxy) is 1. The largest absolute Gasteiger partial charge is 0.484 e. The van der Waals surface area contributed by atoms with Gasteiger partial charge in [-0.2, -0.15) is 0 Å². The summed E-state index contributed by atoms with van der Waals surface area (Å²) in [6.45, 7) is 2.90. The first-order valence-electron chi connectivity index (χ1n) is 9.55. The van der Waals surface area contributed by atoms with Gasteiger partial charge in [0.15, 0.2) is 6.61 Å². The van der Waals surface area contributed by atoms with Crippen LogP contribution >= 0.6 is 0 Å². The highest BCUT2D eigenvalue weighted by molar-refractivity contribution is 5.95. The Morgan fingerprint density at radius 2 is 1.89 bits per heavy atom. The molecular formula is C22H23N3O3. The van der Waals surface area contributed by atoms with E-state index in [0.29, 0.717) is 11.4 Å². The lowest BCUT2D eigenvalue weighted by atomic mass is 10.2. The molecule has 1 fully saturated rings. The van der Waals surface area contributed by atoms with Crippen molar-refractivity contribution in [2.45, 2.75) is 26.3 Å². The van der Waals surface area contributed by atoms with E-state index in [2.05, 4.69) is 22.1 Å². The number of carbonyl (C=O) groups is 2. The molecule has 3 aromatic rings. The lowest BCUT2D eigenvalue weighted by Gasteiger charge is -2.10. The summed E-state index contributed by atoms with van der Waals surface area (Å²) in [5, 5.41) is 6.82. The average molecular weight is 377 g/mol. The van der Waals surface area contributed by atoms with Crippen molar-refractivity contribution >= 4 is 34.1 Å². The molecule has 0 bridgehead atoms. The van der Waals surface area contributed by atoms with Crippen molar-refractivity contribution in [2.24, 2.45) is 5.92 Å². The monoisotopic (exact) mass is 377 g/mol. The Hall–Kier alpha value is -3.28. The summed E-state index contributed by atoms with van der Waals surface area (Å²) in [4.78, 5) is 24.1. The molecule has 0 unspecified atom stereocenters. The van der Waals surface area contributed by atoms with E-state index >= 15 is 0 Å². The summed E-state index contributed by atoms with van der Waals surface area (Å²) in [6, 6.07) is 15.0. The number of nitrogens with zero attached hydrogens (tertiary/aromatic N) is 1. The van der Waals surface area contributed by atoms with Gasteiger partial charge in [0, 0.05) is 47.0 Å². The maximum Gasteiger partial charge on any atom is 0.262 e. The number of aromatic nitrogens is 1. The van der Waals surface area contributed by atoms with E-state index in [4.69, 9.17) is 4.74 Å². The molecule has 2 amide bonds. The van der Waals surface area contributed by atoms with Gasteiger partial charge in [-0.05, 0) is 56.2 Å². The number of amides is 2. The first-order chi connectivity index (χ1) is 13.6. The summed E-state index contributed by atoms with van der Waals surface area (Å²) in [7, 11) is 0. The van der Waals surface area contributed by atoms with E-state index in [-0.39, 0.29) is 24.3 Å². The molecule has 0 atom stereocenters. The third kappa shape index (κ3) is 4.17. The normalized spacial score (nSPS) is 13.3. The lowest BCUT2D eigenvalue weighted by molar-refractivity contribution is -0.118. The van der Waals surface area contributed by atoms with E-state index < -0.39 is 0 Å². The number of carbonyl (C=O) groups excluding carboxylic acids is 2. The van der Waals surface area contributed by atoms with Crippen LogP contribution in [0.4, 0.5) is 11.4 Å². The van der Waals surface area contributed by atoms with Crippen molar-refractivity contribution in [1.29, 1.82) is 0 Å². The topological polar surface area (TPSA) is 72.4 Å². The Kier molecular flexibility index (Phi) is 5.02. The van der Waals surface area contributed by atoms with Gasteiger partial charge < -0.3 is 19.9 Å². The molecule has 1 saturated carbocycles. The molecule has 1 aliphatic carbocycles. The molecule has 0 saturated heterocycles. The van der Waals surface area contributed by atoms with Crippen LogP contribution < -0.4 is 15.4 Å². The third-order valence-corrected chi connectivity index (χ3v) is 4.82. The number of aryl methyl sites for hydroxylation is 1. The second kappa shape index (κ2) is 7.76. The van der Waals surface area contributed by atoms with Gasteiger partial charge in [-0.1, -0.05) is 6.07 Å². The molecule has 0 aliphatic heterocycles. The first kappa shape index (κ1) is 18.1. The van der Waals surface area contributed by atoms with Crippen LogP contribution in [0.1, 0.15) is 19.8 Å². The van der Waals surface area contributed by atoms with E-state index in [9.17, 15) is 9.59 Å². The van der Waals surface area contributed by atoms with Crippen LogP contribution in [0.15, 0.2) is 54.7 Å². The predicted molar refractivity (Wildman–Crippen MR) is 110 cm³/mol. The molecule has 0 radical (unpaired) electrons. The average Bonchev–Trinajstić information content (AvgIpc) is 3.47. The second-order valence-electron chi connectivity index (χ2n) is 7.00. The molecule has 2 N–H and O–H groups in total. The van der Waals surface area contributed by atoms with Gasteiger partial charge in [-0.3, -0.25) is 9.59 Å². The SMILES string of the molecule is CCn1ccc2cc(NC(=O)COc3cccc(NC(=O)C4CC4)c3)ccc21. The van der Waals surface area contributed by atoms with Crippen LogP contribution in [0.3, 0.4) is 0 Å². The number of hydrogen-bond donors (Lipinski definition) is 2. The zero-order valence-corrected chi connectivity index (χ0v) is 15.8. The minimum Gasteiger partial charge on any atom is -0.484 e. The fourth-order valence-electron chi connectivity index (χ4n) is 3.15. The van der Waals surface area contributed by atoms with Crippen LogP contribution in [0, 0.1) is 5.92 Å². The van der Waals surface area contributed by atoms with Crippen LogP contribution in [-0.4, -0.2) is 23.0 Å². The highest BCUT2D eigenvalue weighted by Gasteiger charge is 2.29. The third-order valence-electron chi connectivity index (χ3n) is 4.82. The van der Waals surface area contributed by atoms with Gasteiger partial charge in [0.1, 0.15) is 5.75 Å². The first-order valence-corrected chi connectivity index (χ1v) is 9.55. The number of nitrogens with one attached hydrogen (secondary N) is 2. The van der Waals surface area contributed by atoms with E-state index in [1.54, 1.807) is 18.2 Å². The van der Waals surface area contributed by atoms with Crippen molar-refractivity contribution in [1.82, 2.24) is 4.57 Å². The molecule has 28 heavy (non-hydrogen) atoms. The van der Waals surface area contributed by atoms with Gasteiger partial charge in [-0.15, -0.1) is 0 Å². The Morgan fingerprint density at radius 1 is 1.07 bits per heavy atom. The summed E-state index contributed by atoms with van der Waals surface area (Å²) >= 11 is 0. The molecule has 1 heterocycles. The second-order valence-corrected chi connectivity index (χ2v) is 7.00. The summed E-state index contributed by atoms with van der Waals surface area (Å²) in [5.41, 5.74) is 2.56. The fraction of sp³-hybridized carbons (Fsp3) is 0.273. The van der Waals surface area contributed by atoms with Crippen molar-refractivity contribution < 1.29 is 14.3 Å². The Balaban J connectivity index is 1.33. The zero-order chi connectivity index (χ0) is 19.5. The fourth-order valence-corrected chi connectivity index (χ4v) is 3.15. The number of anilines is 2. The van der Waals surface area contributed by atoms with E-state index in [0.717, 1.165) is 36.0 Å². The Bertz CT molecular complexity index is 1020. The van der Waals surface area contributed by atoms with E-state index in [1.807, 2.05) is 36.5 Å². The van der Waals surface area contributed by atoms with Gasteiger partial charge >= 0.3 is 0 Å². The number of hydrogen-bond acceptors (Lipinski definition) is 3. The highest BCUT2D eigenvalue weighted by atomic mass is 16.5. The molecular weight excluding hydrogens is 354 g/mol. The molecule has 6 nitrogen and oxygen atoms in total. The minimum absolute atomic E-state index is 0.0437. The summed E-state index contributed by atoms with van der Waals surface area (Å²) in [6.07, 6.45) is 3.95. The van der Waals surface area contributed by atoms with Gasteiger partial charge in [0.25, 0.3) is 5.91 Å². The smallest absolute Gasteiger partial charge is 0.262 e. The molecule has 0 spiro atoms. The Labute approximate surface area is 163 Å². The van der Waals surface area contributed by atoms with Crippen LogP contribution in [-0.2, 0) is 16.1 Å². The van der Waals surface area contributed by atoms with Gasteiger partial charge in [0.05, 0.1) is 0 Å². The molecule has 1 aliphatic rings. The summed E-state index contributed by atoms with van der Waals surface area (Å²) < 4.78 is 7.73. The van der Waals surface area contributed by atoms with E-state index in [1.165, 1.54) is 0 Å². The minimum atomic E-state index is -0.235. The predicted octanol–water partition coefficient (Wildman–Crippen LogP) is 4.03. The maximum absolute atomic E-state index is 12.2. The maximum atomic E-state index is 12.2. The zero-order valence-electron chi connectivity index (χ0n) is 15.8. The van der Waals surface area contributed by atoms with Crippen molar-refractivity contribution in [3.8, 4) is 5.75 Å². The summed E-state index contributed by atoms with van der Waals surface area (Å²) in [5.74, 6) is 0.491. The van der Waals surface area contributed by atoms with Crippen molar-refractivity contribution in [3.05, 3.63) is 54.7 Å². The number of benzene rings is 2. The standard InChI is InChI=1S/C22H23N3O3/c1-2-25-11-10-16-12-18(8-9-20(16)25)23-21(26)14-28-19-5-3-4-17(13-19)24-22(27)15-6-7-15/h3-5,8-13,15H,2,6-7,14H2,1H3,(H,23,26)(H,24,27). The van der Waals surface area contributed by atoms with Gasteiger partial charge in [-0.25, -0.2) is 0 Å². The van der Waals surface area contributed by atoms with Crippen LogP contribution in [0.2, 0.25) is 0 Å². The van der Waals surface area contributed by atoms with Crippen LogP contribution in [0.5, 0.6) is 5.75 Å². The molecule has 6 heteroatoms. The van der Waals surface area contributed by atoms with Crippen LogP contribution in [0.25, 0.3) is 10.9 Å². The lowest BCUT2D eigenvalue weighted by Crippen LogP contribution is -2.20. The molecule has 1 aromatic heterocycles. The molecule has 144 valence electrons. The quantitative estimate of drug-likeness (QED) is 0.653. The van der Waals surface area contributed by atoms with Gasteiger partial charge in [0.2, 0.25) is 5.91 Å². The van der Waals surface area contributed by atoms with Crippen molar-refractivity contribution in [2.75, 3.05) is 17.2 Å². The Morgan fingerprint density at radius 3 is 2.68 bits per heavy atom. The number of fused-ring (bicyclic) bond motifs is 1. The molecule has 2 aromatic carbocycles. The highest BCUT2D eigenvalue weighted by Crippen LogP contribution is 2.30.